The molecule has 0 atom stereocenters. The topological polar surface area (TPSA) is 96.6 Å². The van der Waals surface area contributed by atoms with Gasteiger partial charge in [-0.05, 0) is 6.07 Å². The summed E-state index contributed by atoms with van der Waals surface area (Å²) >= 11 is 0. The van der Waals surface area contributed by atoms with E-state index in [1.807, 2.05) is 0 Å². The van der Waals surface area contributed by atoms with Crippen LogP contribution < -0.4 is 4.73 Å². The third-order valence-corrected chi connectivity index (χ3v) is 2.88. The van der Waals surface area contributed by atoms with Gasteiger partial charge in [-0.2, -0.15) is 13.1 Å². The minimum atomic E-state index is -3.61. The van der Waals surface area contributed by atoms with Crippen LogP contribution in [0.1, 0.15) is 17.8 Å². The number of hydrogen-bond donors (Lipinski definition) is 0. The van der Waals surface area contributed by atoms with Gasteiger partial charge in [0, 0.05) is 18.6 Å². The van der Waals surface area contributed by atoms with Crippen LogP contribution in [0.2, 0.25) is 0 Å². The van der Waals surface area contributed by atoms with E-state index in [1.165, 1.54) is 13.2 Å². The van der Waals surface area contributed by atoms with E-state index in [9.17, 15) is 18.4 Å². The van der Waals surface area contributed by atoms with E-state index >= 15 is 0 Å². The highest BCUT2D eigenvalue weighted by Gasteiger charge is 2.15. The molecule has 0 radical (unpaired) electrons. The van der Waals surface area contributed by atoms with E-state index in [0.717, 1.165) is 6.26 Å². The normalized spacial score (nSPS) is 11.3. The van der Waals surface area contributed by atoms with Crippen LogP contribution in [0.5, 0.6) is 0 Å². The van der Waals surface area contributed by atoms with Crippen molar-refractivity contribution in [2.45, 2.75) is 19.4 Å². The Kier molecular flexibility index (Phi) is 5.25. The van der Waals surface area contributed by atoms with Gasteiger partial charge in [-0.25, -0.2) is 0 Å². The monoisotopic (exact) mass is 289 g/mol. The molecule has 8 heteroatoms. The molecule has 0 spiro atoms. The molecule has 0 fully saturated rings. The van der Waals surface area contributed by atoms with Crippen molar-refractivity contribution >= 4 is 16.1 Å². The molecular weight excluding hydrogens is 274 g/mol. The van der Waals surface area contributed by atoms with Crippen molar-refractivity contribution in [1.82, 2.24) is 0 Å². The molecule has 19 heavy (non-hydrogen) atoms. The highest BCUT2D eigenvalue weighted by atomic mass is 32.2. The molecule has 0 saturated carbocycles. The van der Waals surface area contributed by atoms with Crippen LogP contribution in [0.15, 0.2) is 18.2 Å². The second-order valence-corrected chi connectivity index (χ2v) is 5.49. The summed E-state index contributed by atoms with van der Waals surface area (Å²) in [6.45, 7) is -0.339. The third kappa shape index (κ3) is 5.23. The molecule has 7 nitrogen and oxygen atoms in total. The maximum atomic E-state index is 11.9. The highest BCUT2D eigenvalue weighted by Crippen LogP contribution is 2.03. The molecule has 0 N–H and O–H groups in total. The van der Waals surface area contributed by atoms with Gasteiger partial charge >= 0.3 is 5.97 Å². The lowest BCUT2D eigenvalue weighted by Crippen LogP contribution is -2.37. The second kappa shape index (κ2) is 6.48. The summed E-state index contributed by atoms with van der Waals surface area (Å²) in [5.74, 6) is -0.419. The van der Waals surface area contributed by atoms with E-state index in [2.05, 4.69) is 8.92 Å². The molecule has 1 aromatic heterocycles. The maximum absolute atomic E-state index is 11.9. The Morgan fingerprint density at radius 2 is 2.00 bits per heavy atom. The molecular formula is C11H15NO6S. The fraction of sp³-hybridized carbons (Fsp3) is 0.455. The number of hydrogen-bond acceptors (Lipinski definition) is 6. The number of aryl methyl sites for hydroxylation is 1. The first-order chi connectivity index (χ1) is 8.83. The van der Waals surface area contributed by atoms with Gasteiger partial charge in [-0.1, -0.05) is 0 Å². The second-order valence-electron chi connectivity index (χ2n) is 3.85. The zero-order valence-corrected chi connectivity index (χ0v) is 11.5. The number of rotatable bonds is 6. The summed E-state index contributed by atoms with van der Waals surface area (Å²) < 4.78 is 31.3. The Morgan fingerprint density at radius 3 is 2.58 bits per heavy atom. The van der Waals surface area contributed by atoms with Crippen molar-refractivity contribution in [1.29, 1.82) is 0 Å². The fourth-order valence-corrected chi connectivity index (χ4v) is 1.72. The number of ether oxygens (including phenoxy) is 1. The molecule has 0 aliphatic heterocycles. The molecule has 1 rings (SSSR count). The van der Waals surface area contributed by atoms with Gasteiger partial charge in [0.1, 0.15) is 0 Å². The number of carbonyl (C=O) groups is 1. The Morgan fingerprint density at radius 1 is 1.37 bits per heavy atom. The Labute approximate surface area is 111 Å². The molecule has 0 aliphatic rings. The van der Waals surface area contributed by atoms with E-state index in [4.69, 9.17) is 0 Å². The van der Waals surface area contributed by atoms with Gasteiger partial charge in [0.25, 0.3) is 10.1 Å². The summed E-state index contributed by atoms with van der Waals surface area (Å²) in [5.41, 5.74) is 0.507. The van der Waals surface area contributed by atoms with Crippen LogP contribution in [0, 0.1) is 5.21 Å². The first kappa shape index (κ1) is 15.4. The molecule has 106 valence electrons. The molecule has 0 unspecified atom stereocenters. The molecule has 0 aliphatic carbocycles. The summed E-state index contributed by atoms with van der Waals surface area (Å²) in [5, 5.41) is 11.9. The van der Waals surface area contributed by atoms with Gasteiger partial charge in [0.2, 0.25) is 5.69 Å². The number of nitrogens with zero attached hydrogens (tertiary/aromatic N) is 1. The number of carbonyl (C=O) groups excluding carboxylic acids is 1. The summed E-state index contributed by atoms with van der Waals surface area (Å²) in [7, 11) is -2.34. The third-order valence-electron chi connectivity index (χ3n) is 2.33. The van der Waals surface area contributed by atoms with Crippen molar-refractivity contribution in [2.75, 3.05) is 13.4 Å². The largest absolute Gasteiger partial charge is 0.618 e. The van der Waals surface area contributed by atoms with Crippen LogP contribution in [-0.2, 0) is 36.9 Å². The molecule has 0 aromatic carbocycles. The molecule has 0 saturated heterocycles. The van der Waals surface area contributed by atoms with Crippen molar-refractivity contribution in [3.05, 3.63) is 34.8 Å². The van der Waals surface area contributed by atoms with Gasteiger partial charge in [-0.15, -0.1) is 0 Å². The van der Waals surface area contributed by atoms with Gasteiger partial charge in [-0.3, -0.25) is 8.98 Å². The average molecular weight is 289 g/mol. The summed E-state index contributed by atoms with van der Waals surface area (Å²) in [6.07, 6.45) is 1.20. The zero-order chi connectivity index (χ0) is 14.5. The quantitative estimate of drug-likeness (QED) is 0.314. The Hall–Kier alpha value is -1.67. The SMILES string of the molecule is COC(=O)CCc1cccc(COS(C)(=O)=O)[n+]1[O-]. The van der Waals surface area contributed by atoms with Crippen molar-refractivity contribution in [2.24, 2.45) is 0 Å². The highest BCUT2D eigenvalue weighted by molar-refractivity contribution is 7.85. The minimum Gasteiger partial charge on any atom is -0.618 e. The first-order valence-electron chi connectivity index (χ1n) is 5.45. The molecule has 0 bridgehead atoms. The maximum Gasteiger partial charge on any atom is 0.306 e. The van der Waals surface area contributed by atoms with Gasteiger partial charge in [0.05, 0.1) is 19.8 Å². The standard InChI is InChI=1S/C11H15NO6S/c1-17-11(13)7-6-9-4-3-5-10(12(9)14)8-18-19(2,15)16/h3-5H,6-8H2,1-2H3. The summed E-state index contributed by atoms with van der Waals surface area (Å²) in [6, 6.07) is 4.61. The van der Waals surface area contributed by atoms with E-state index in [0.29, 0.717) is 10.4 Å². The van der Waals surface area contributed by atoms with E-state index in [1.54, 1.807) is 12.1 Å². The van der Waals surface area contributed by atoms with E-state index in [-0.39, 0.29) is 25.1 Å². The molecule has 1 aromatic rings. The van der Waals surface area contributed by atoms with Crippen LogP contribution in [0.3, 0.4) is 0 Å². The lowest BCUT2D eigenvalue weighted by molar-refractivity contribution is -0.624. The van der Waals surface area contributed by atoms with Crippen molar-refractivity contribution in [3.8, 4) is 0 Å². The van der Waals surface area contributed by atoms with Crippen LogP contribution in [0.4, 0.5) is 0 Å². The molecule has 0 amide bonds. The lowest BCUT2D eigenvalue weighted by atomic mass is 10.2. The van der Waals surface area contributed by atoms with Gasteiger partial charge < -0.3 is 9.94 Å². The number of pyridine rings is 1. The van der Waals surface area contributed by atoms with Crippen LogP contribution in [0.25, 0.3) is 0 Å². The lowest BCUT2D eigenvalue weighted by Gasteiger charge is -2.08. The van der Waals surface area contributed by atoms with Crippen molar-refractivity contribution < 1.29 is 26.9 Å². The number of esters is 1. The number of aromatic nitrogens is 1. The predicted molar refractivity (Wildman–Crippen MR) is 65.4 cm³/mol. The summed E-state index contributed by atoms with van der Waals surface area (Å²) in [4.78, 5) is 11.0. The van der Waals surface area contributed by atoms with E-state index < -0.39 is 16.1 Å². The smallest absolute Gasteiger partial charge is 0.306 e. The van der Waals surface area contributed by atoms with Gasteiger partial charge in [0.15, 0.2) is 12.3 Å². The fourth-order valence-electron chi connectivity index (χ4n) is 1.38. The van der Waals surface area contributed by atoms with Crippen LogP contribution in [-0.4, -0.2) is 27.8 Å². The zero-order valence-electron chi connectivity index (χ0n) is 10.7. The Balaban J connectivity index is 2.77. The van der Waals surface area contributed by atoms with Crippen LogP contribution >= 0.6 is 0 Å². The predicted octanol–water partition coefficient (Wildman–Crippen LogP) is -0.0982. The Bertz CT molecular complexity index is 554. The minimum absolute atomic E-state index is 0.0785. The average Bonchev–Trinajstić information content (AvgIpc) is 2.34. The van der Waals surface area contributed by atoms with Crippen molar-refractivity contribution in [3.63, 3.8) is 0 Å². The number of methoxy groups -OCH3 is 1. The molecule has 1 heterocycles. The first-order valence-corrected chi connectivity index (χ1v) is 7.26.